The van der Waals surface area contributed by atoms with Gasteiger partial charge in [0.05, 0.1) is 18.4 Å². The van der Waals surface area contributed by atoms with Crippen molar-refractivity contribution in [3.8, 4) is 5.75 Å². The molecular weight excluding hydrogens is 429 g/mol. The number of carbonyl (C=O) groups is 2. The van der Waals surface area contributed by atoms with Crippen LogP contribution in [0.15, 0.2) is 36.5 Å². The summed E-state index contributed by atoms with van der Waals surface area (Å²) in [4.78, 5) is 40.0. The third-order valence-electron chi connectivity index (χ3n) is 4.58. The van der Waals surface area contributed by atoms with E-state index in [-0.39, 0.29) is 22.6 Å². The van der Waals surface area contributed by atoms with Crippen molar-refractivity contribution in [1.82, 2.24) is 20.3 Å². The van der Waals surface area contributed by atoms with Crippen LogP contribution >= 0.6 is 0 Å². The molecule has 0 aliphatic heterocycles. The summed E-state index contributed by atoms with van der Waals surface area (Å²) in [5, 5.41) is 8.11. The zero-order valence-corrected chi connectivity index (χ0v) is 18.9. The van der Waals surface area contributed by atoms with Crippen LogP contribution in [-0.2, 0) is 0 Å². The number of nitrogens with zero attached hydrogens (tertiary/aromatic N) is 4. The van der Waals surface area contributed by atoms with Gasteiger partial charge < -0.3 is 25.6 Å². The number of pyridine rings is 1. The quantitative estimate of drug-likeness (QED) is 0.499. The zero-order valence-electron chi connectivity index (χ0n) is 18.9. The van der Waals surface area contributed by atoms with Gasteiger partial charge in [-0.25, -0.2) is 19.3 Å². The van der Waals surface area contributed by atoms with Crippen LogP contribution in [0.1, 0.15) is 26.5 Å². The van der Waals surface area contributed by atoms with Crippen molar-refractivity contribution in [2.75, 3.05) is 43.8 Å². The van der Waals surface area contributed by atoms with Gasteiger partial charge in [0.15, 0.2) is 0 Å². The molecule has 2 amide bonds. The summed E-state index contributed by atoms with van der Waals surface area (Å²) in [6.07, 6.45) is 1.30. The number of methoxy groups -OCH3 is 1. The summed E-state index contributed by atoms with van der Waals surface area (Å²) in [6, 6.07) is 7.24. The van der Waals surface area contributed by atoms with Crippen molar-refractivity contribution in [3.63, 3.8) is 0 Å². The molecule has 11 heteroatoms. The molecule has 0 fully saturated rings. The number of carbonyl (C=O) groups excluding carboxylic acids is 2. The van der Waals surface area contributed by atoms with Gasteiger partial charge in [-0.15, -0.1) is 0 Å². The van der Waals surface area contributed by atoms with Gasteiger partial charge in [0.25, 0.3) is 11.8 Å². The second-order valence-electron chi connectivity index (χ2n) is 7.14. The highest BCUT2D eigenvalue weighted by Gasteiger charge is 2.21. The molecule has 2 aromatic heterocycles. The van der Waals surface area contributed by atoms with Crippen molar-refractivity contribution in [2.24, 2.45) is 0 Å². The summed E-state index contributed by atoms with van der Waals surface area (Å²) in [6.45, 7) is 1.76. The Bertz CT molecular complexity index is 1200. The van der Waals surface area contributed by atoms with E-state index in [9.17, 15) is 14.0 Å². The first-order valence-electron chi connectivity index (χ1n) is 9.89. The maximum Gasteiger partial charge on any atom is 0.262 e. The van der Waals surface area contributed by atoms with E-state index in [4.69, 9.17) is 4.74 Å². The highest BCUT2D eigenvalue weighted by molar-refractivity contribution is 6.10. The number of hydrogen-bond donors (Lipinski definition) is 3. The molecule has 0 aliphatic rings. The predicted octanol–water partition coefficient (Wildman–Crippen LogP) is 2.75. The van der Waals surface area contributed by atoms with Crippen molar-refractivity contribution < 1.29 is 18.7 Å². The lowest BCUT2D eigenvalue weighted by atomic mass is 10.1. The fourth-order valence-electron chi connectivity index (χ4n) is 3.00. The number of anilines is 4. The molecule has 3 aromatic rings. The molecule has 0 unspecified atom stereocenters. The fourth-order valence-corrected chi connectivity index (χ4v) is 3.00. The molecule has 2 heterocycles. The van der Waals surface area contributed by atoms with E-state index in [1.807, 2.05) is 19.0 Å². The van der Waals surface area contributed by atoms with E-state index in [0.717, 1.165) is 6.07 Å². The minimum atomic E-state index is -0.778. The Morgan fingerprint density at radius 2 is 1.85 bits per heavy atom. The summed E-state index contributed by atoms with van der Waals surface area (Å²) in [5.74, 6) is 0.0684. The Labute approximate surface area is 190 Å². The second kappa shape index (κ2) is 9.90. The third kappa shape index (κ3) is 5.32. The van der Waals surface area contributed by atoms with Gasteiger partial charge in [0.1, 0.15) is 40.4 Å². The van der Waals surface area contributed by atoms with Crippen molar-refractivity contribution >= 4 is 35.0 Å². The van der Waals surface area contributed by atoms with Gasteiger partial charge in [-0.3, -0.25) is 9.59 Å². The third-order valence-corrected chi connectivity index (χ3v) is 4.58. The van der Waals surface area contributed by atoms with Gasteiger partial charge in [0, 0.05) is 39.5 Å². The SMILES string of the molecule is CNC(=O)c1cnc(Nc2cc(N(C)C)nc(C)n2)cc1NC(=O)c1c(F)cccc1OC. The van der Waals surface area contributed by atoms with Gasteiger partial charge in [-0.1, -0.05) is 6.07 Å². The van der Waals surface area contributed by atoms with E-state index < -0.39 is 17.6 Å². The zero-order chi connectivity index (χ0) is 24.1. The van der Waals surface area contributed by atoms with Crippen LogP contribution in [0.3, 0.4) is 0 Å². The lowest BCUT2D eigenvalue weighted by Crippen LogP contribution is -2.22. The molecule has 10 nitrogen and oxygen atoms in total. The molecule has 0 aliphatic carbocycles. The number of benzene rings is 1. The Kier molecular flexibility index (Phi) is 7.01. The number of ether oxygens (including phenoxy) is 1. The molecule has 0 radical (unpaired) electrons. The largest absolute Gasteiger partial charge is 0.496 e. The van der Waals surface area contributed by atoms with E-state index in [1.54, 1.807) is 13.0 Å². The predicted molar refractivity (Wildman–Crippen MR) is 123 cm³/mol. The van der Waals surface area contributed by atoms with Gasteiger partial charge in [-0.05, 0) is 19.1 Å². The van der Waals surface area contributed by atoms with Crippen molar-refractivity contribution in [3.05, 3.63) is 59.3 Å². The molecule has 0 bridgehead atoms. The van der Waals surface area contributed by atoms with Crippen LogP contribution in [0.25, 0.3) is 0 Å². The number of hydrogen-bond acceptors (Lipinski definition) is 8. The van der Waals surface area contributed by atoms with Crippen LogP contribution in [0.5, 0.6) is 5.75 Å². The standard InChI is InChI=1S/C22H24FN7O3/c1-12-26-18(10-19(27-12)30(3)4)29-17-9-15(13(11-25-17)21(31)24-2)28-22(32)20-14(23)7-6-8-16(20)33-5/h6-11H,1-5H3,(H,24,31)(H2,25,26,27,28,29,32). The van der Waals surface area contributed by atoms with E-state index in [2.05, 4.69) is 30.9 Å². The molecule has 0 spiro atoms. The van der Waals surface area contributed by atoms with Crippen molar-refractivity contribution in [1.29, 1.82) is 0 Å². The first-order valence-corrected chi connectivity index (χ1v) is 9.89. The fraction of sp³-hybridized carbons (Fsp3) is 0.227. The van der Waals surface area contributed by atoms with Gasteiger partial charge >= 0.3 is 0 Å². The summed E-state index contributed by atoms with van der Waals surface area (Å²) in [7, 11) is 6.49. The molecule has 0 atom stereocenters. The van der Waals surface area contributed by atoms with Crippen LogP contribution < -0.4 is 25.6 Å². The summed E-state index contributed by atoms with van der Waals surface area (Å²) >= 11 is 0. The number of rotatable bonds is 7. The first-order chi connectivity index (χ1) is 15.7. The van der Waals surface area contributed by atoms with Gasteiger partial charge in [0.2, 0.25) is 0 Å². The number of nitrogens with one attached hydrogen (secondary N) is 3. The maximum atomic E-state index is 14.4. The van der Waals surface area contributed by atoms with E-state index in [0.29, 0.717) is 23.3 Å². The average Bonchev–Trinajstić information content (AvgIpc) is 2.78. The van der Waals surface area contributed by atoms with Crippen LogP contribution in [0, 0.1) is 12.7 Å². The Morgan fingerprint density at radius 1 is 1.09 bits per heavy atom. The smallest absolute Gasteiger partial charge is 0.262 e. The lowest BCUT2D eigenvalue weighted by molar-refractivity contribution is 0.0963. The molecule has 1 aromatic carbocycles. The maximum absolute atomic E-state index is 14.4. The van der Waals surface area contributed by atoms with Crippen molar-refractivity contribution in [2.45, 2.75) is 6.92 Å². The van der Waals surface area contributed by atoms with Crippen LogP contribution in [-0.4, -0.2) is 55.0 Å². The topological polar surface area (TPSA) is 121 Å². The molecule has 0 saturated carbocycles. The van der Waals surface area contributed by atoms with Gasteiger partial charge in [-0.2, -0.15) is 0 Å². The van der Waals surface area contributed by atoms with E-state index in [1.165, 1.54) is 38.6 Å². The highest BCUT2D eigenvalue weighted by Crippen LogP contribution is 2.26. The number of amides is 2. The molecule has 0 saturated heterocycles. The molecule has 33 heavy (non-hydrogen) atoms. The normalized spacial score (nSPS) is 10.4. The number of aromatic nitrogens is 3. The minimum absolute atomic E-state index is 0.0640. The average molecular weight is 453 g/mol. The molecule has 172 valence electrons. The number of halogens is 1. The Morgan fingerprint density at radius 3 is 2.52 bits per heavy atom. The monoisotopic (exact) mass is 453 g/mol. The molecule has 3 N–H and O–H groups in total. The molecule has 3 rings (SSSR count). The highest BCUT2D eigenvalue weighted by atomic mass is 19.1. The lowest BCUT2D eigenvalue weighted by Gasteiger charge is -2.15. The minimum Gasteiger partial charge on any atom is -0.496 e. The summed E-state index contributed by atoms with van der Waals surface area (Å²) in [5.41, 5.74) is -0.0587. The second-order valence-corrected chi connectivity index (χ2v) is 7.14. The number of aryl methyl sites for hydroxylation is 1. The summed E-state index contributed by atoms with van der Waals surface area (Å²) < 4.78 is 19.5. The van der Waals surface area contributed by atoms with Crippen LogP contribution in [0.2, 0.25) is 0 Å². The molecular formula is C22H24FN7O3. The van der Waals surface area contributed by atoms with Crippen LogP contribution in [0.4, 0.5) is 27.5 Å². The van der Waals surface area contributed by atoms with E-state index >= 15 is 0 Å². The Balaban J connectivity index is 1.98. The Hall–Kier alpha value is -4.28. The first kappa shape index (κ1) is 23.4.